The van der Waals surface area contributed by atoms with Crippen LogP contribution in [0.25, 0.3) is 0 Å². The summed E-state index contributed by atoms with van der Waals surface area (Å²) in [5, 5.41) is 6.43. The summed E-state index contributed by atoms with van der Waals surface area (Å²) in [6.07, 6.45) is 8.68. The monoisotopic (exact) mass is 253 g/mol. The molecule has 2 rings (SSSR count). The average Bonchev–Trinajstić information content (AvgIpc) is 2.78. The molecule has 0 aromatic carbocycles. The number of hydrogen-bond acceptors (Lipinski definition) is 3. The molecule has 0 aromatic rings. The molecule has 1 aliphatic carbocycles. The van der Waals surface area contributed by atoms with Crippen LogP contribution in [-0.4, -0.2) is 49.6 Å². The lowest BCUT2D eigenvalue weighted by Gasteiger charge is -2.27. The van der Waals surface area contributed by atoms with E-state index in [9.17, 15) is 4.79 Å². The van der Waals surface area contributed by atoms with Gasteiger partial charge in [-0.25, -0.2) is 0 Å². The van der Waals surface area contributed by atoms with E-state index < -0.39 is 0 Å². The highest BCUT2D eigenvalue weighted by Crippen LogP contribution is 2.18. The number of hydrogen-bond donors (Lipinski definition) is 2. The van der Waals surface area contributed by atoms with Gasteiger partial charge in [0.1, 0.15) is 0 Å². The Kier molecular flexibility index (Phi) is 5.45. The molecule has 1 heterocycles. The van der Waals surface area contributed by atoms with E-state index in [2.05, 4.69) is 15.5 Å². The number of rotatable bonds is 5. The van der Waals surface area contributed by atoms with Crippen molar-refractivity contribution < 1.29 is 4.79 Å². The van der Waals surface area contributed by atoms with E-state index in [4.69, 9.17) is 0 Å². The zero-order chi connectivity index (χ0) is 12.8. The van der Waals surface area contributed by atoms with Crippen molar-refractivity contribution >= 4 is 5.91 Å². The highest BCUT2D eigenvalue weighted by Gasteiger charge is 2.26. The van der Waals surface area contributed by atoms with Crippen LogP contribution in [0.3, 0.4) is 0 Å². The number of likely N-dealkylation sites (N-methyl/N-ethyl adjacent to an activating group) is 1. The molecule has 0 spiro atoms. The van der Waals surface area contributed by atoms with Crippen molar-refractivity contribution in [3.05, 3.63) is 0 Å². The minimum Gasteiger partial charge on any atom is -0.352 e. The third kappa shape index (κ3) is 3.95. The lowest BCUT2D eigenvalue weighted by molar-refractivity contribution is -0.123. The molecular formula is C14H27N3O. The summed E-state index contributed by atoms with van der Waals surface area (Å²) in [5.41, 5.74) is 0. The van der Waals surface area contributed by atoms with Crippen LogP contribution in [0, 0.1) is 0 Å². The second-order valence-electron chi connectivity index (χ2n) is 5.73. The number of likely N-dealkylation sites (tertiary alicyclic amines) is 1. The van der Waals surface area contributed by atoms with Gasteiger partial charge in [-0.3, -0.25) is 9.69 Å². The summed E-state index contributed by atoms with van der Waals surface area (Å²) in [6, 6.07) is 0.990. The zero-order valence-corrected chi connectivity index (χ0v) is 11.6. The zero-order valence-electron chi connectivity index (χ0n) is 11.6. The normalized spacial score (nSPS) is 26.4. The molecule has 1 unspecified atom stereocenters. The van der Waals surface area contributed by atoms with Crippen LogP contribution in [0.1, 0.15) is 44.9 Å². The van der Waals surface area contributed by atoms with Gasteiger partial charge in [-0.2, -0.15) is 0 Å². The largest absolute Gasteiger partial charge is 0.352 e. The summed E-state index contributed by atoms with van der Waals surface area (Å²) >= 11 is 0. The highest BCUT2D eigenvalue weighted by molar-refractivity contribution is 5.78. The Morgan fingerprint density at radius 2 is 1.94 bits per heavy atom. The topological polar surface area (TPSA) is 44.4 Å². The molecule has 18 heavy (non-hydrogen) atoms. The van der Waals surface area contributed by atoms with Crippen molar-refractivity contribution in [2.75, 3.05) is 26.7 Å². The molecule has 1 atom stereocenters. The van der Waals surface area contributed by atoms with Gasteiger partial charge in [-0.1, -0.05) is 19.3 Å². The minimum atomic E-state index is 0.227. The van der Waals surface area contributed by atoms with E-state index in [1.165, 1.54) is 44.9 Å². The summed E-state index contributed by atoms with van der Waals surface area (Å²) in [5.74, 6) is 0.227. The molecular weight excluding hydrogens is 226 g/mol. The first kappa shape index (κ1) is 13.8. The molecule has 1 amide bonds. The average molecular weight is 253 g/mol. The van der Waals surface area contributed by atoms with Crippen molar-refractivity contribution in [3.63, 3.8) is 0 Å². The SMILES string of the molecule is CNCC1CCCN1CC(=O)NC1CCCCC1. The van der Waals surface area contributed by atoms with Crippen LogP contribution in [-0.2, 0) is 4.79 Å². The molecule has 0 radical (unpaired) electrons. The number of nitrogens with one attached hydrogen (secondary N) is 2. The Bertz CT molecular complexity index is 264. The Hall–Kier alpha value is -0.610. The third-order valence-electron chi connectivity index (χ3n) is 4.26. The van der Waals surface area contributed by atoms with E-state index in [0.29, 0.717) is 18.6 Å². The summed E-state index contributed by atoms with van der Waals surface area (Å²) in [7, 11) is 1.98. The summed E-state index contributed by atoms with van der Waals surface area (Å²) in [4.78, 5) is 14.4. The van der Waals surface area contributed by atoms with E-state index in [0.717, 1.165) is 13.1 Å². The van der Waals surface area contributed by atoms with Crippen molar-refractivity contribution in [1.29, 1.82) is 0 Å². The van der Waals surface area contributed by atoms with Gasteiger partial charge < -0.3 is 10.6 Å². The molecule has 1 aliphatic heterocycles. The molecule has 2 fully saturated rings. The molecule has 0 aromatic heterocycles. The van der Waals surface area contributed by atoms with Crippen molar-refractivity contribution in [2.24, 2.45) is 0 Å². The molecule has 2 N–H and O–H groups in total. The third-order valence-corrected chi connectivity index (χ3v) is 4.26. The highest BCUT2D eigenvalue weighted by atomic mass is 16.2. The van der Waals surface area contributed by atoms with Crippen molar-refractivity contribution in [3.8, 4) is 0 Å². The summed E-state index contributed by atoms with van der Waals surface area (Å²) in [6.45, 7) is 2.66. The van der Waals surface area contributed by atoms with Gasteiger partial charge in [0.25, 0.3) is 0 Å². The second-order valence-corrected chi connectivity index (χ2v) is 5.73. The quantitative estimate of drug-likeness (QED) is 0.772. The first-order chi connectivity index (χ1) is 8.79. The number of amides is 1. The van der Waals surface area contributed by atoms with E-state index >= 15 is 0 Å². The maximum atomic E-state index is 12.0. The van der Waals surface area contributed by atoms with Gasteiger partial charge in [-0.15, -0.1) is 0 Å². The maximum absolute atomic E-state index is 12.0. The lowest BCUT2D eigenvalue weighted by atomic mass is 9.95. The minimum absolute atomic E-state index is 0.227. The van der Waals surface area contributed by atoms with E-state index in [1.54, 1.807) is 0 Å². The van der Waals surface area contributed by atoms with Gasteiger partial charge in [-0.05, 0) is 39.3 Å². The molecule has 1 saturated heterocycles. The van der Waals surface area contributed by atoms with E-state index in [1.807, 2.05) is 7.05 Å². The van der Waals surface area contributed by atoms with Crippen LogP contribution in [0.2, 0.25) is 0 Å². The standard InChI is InChI=1S/C14H27N3O/c1-15-10-13-8-5-9-17(13)11-14(18)16-12-6-3-2-4-7-12/h12-13,15H,2-11H2,1H3,(H,16,18). The van der Waals surface area contributed by atoms with Crippen LogP contribution >= 0.6 is 0 Å². The predicted octanol–water partition coefficient (Wildman–Crippen LogP) is 1.12. The molecule has 4 nitrogen and oxygen atoms in total. The van der Waals surface area contributed by atoms with E-state index in [-0.39, 0.29) is 5.91 Å². The fourth-order valence-electron chi connectivity index (χ4n) is 3.27. The van der Waals surface area contributed by atoms with Crippen molar-refractivity contribution in [1.82, 2.24) is 15.5 Å². The molecule has 0 bridgehead atoms. The van der Waals surface area contributed by atoms with Crippen LogP contribution in [0.5, 0.6) is 0 Å². The summed E-state index contributed by atoms with van der Waals surface area (Å²) < 4.78 is 0. The smallest absolute Gasteiger partial charge is 0.234 e. The Morgan fingerprint density at radius 1 is 1.17 bits per heavy atom. The van der Waals surface area contributed by atoms with Crippen LogP contribution in [0.4, 0.5) is 0 Å². The van der Waals surface area contributed by atoms with Gasteiger partial charge >= 0.3 is 0 Å². The molecule has 1 saturated carbocycles. The first-order valence-electron chi connectivity index (χ1n) is 7.47. The maximum Gasteiger partial charge on any atom is 0.234 e. The van der Waals surface area contributed by atoms with Gasteiger partial charge in [0.15, 0.2) is 0 Å². The second kappa shape index (κ2) is 7.10. The number of carbonyl (C=O) groups is 1. The molecule has 4 heteroatoms. The Morgan fingerprint density at radius 3 is 2.67 bits per heavy atom. The van der Waals surface area contributed by atoms with Gasteiger partial charge in [0.05, 0.1) is 6.54 Å². The van der Waals surface area contributed by atoms with Gasteiger partial charge in [0, 0.05) is 18.6 Å². The number of carbonyl (C=O) groups excluding carboxylic acids is 1. The van der Waals surface area contributed by atoms with Crippen LogP contribution in [0.15, 0.2) is 0 Å². The fourth-order valence-corrected chi connectivity index (χ4v) is 3.27. The van der Waals surface area contributed by atoms with Crippen LogP contribution < -0.4 is 10.6 Å². The fraction of sp³-hybridized carbons (Fsp3) is 0.929. The predicted molar refractivity (Wildman–Crippen MR) is 73.5 cm³/mol. The lowest BCUT2D eigenvalue weighted by Crippen LogP contribution is -2.46. The Labute approximate surface area is 110 Å². The Balaban J connectivity index is 1.72. The van der Waals surface area contributed by atoms with Gasteiger partial charge in [0.2, 0.25) is 5.91 Å². The van der Waals surface area contributed by atoms with Crippen molar-refractivity contribution in [2.45, 2.75) is 57.0 Å². The molecule has 2 aliphatic rings. The first-order valence-corrected chi connectivity index (χ1v) is 7.47. The molecule has 104 valence electrons. The number of nitrogens with zero attached hydrogens (tertiary/aromatic N) is 1.